The fourth-order valence-electron chi connectivity index (χ4n) is 1.93. The Hall–Kier alpha value is -1.87. The predicted molar refractivity (Wildman–Crippen MR) is 72.8 cm³/mol. The first-order chi connectivity index (χ1) is 9.08. The van der Waals surface area contributed by atoms with Crippen LogP contribution in [-0.2, 0) is 0 Å². The van der Waals surface area contributed by atoms with Gasteiger partial charge in [0.05, 0.1) is 0 Å². The van der Waals surface area contributed by atoms with Crippen LogP contribution < -0.4 is 4.74 Å². The van der Waals surface area contributed by atoms with E-state index < -0.39 is 6.10 Å². The molecule has 1 N–H and O–H groups in total. The highest BCUT2D eigenvalue weighted by atomic mass is 19.1. The van der Waals surface area contributed by atoms with Gasteiger partial charge in [-0.15, -0.1) is 0 Å². The van der Waals surface area contributed by atoms with Gasteiger partial charge in [-0.3, -0.25) is 0 Å². The summed E-state index contributed by atoms with van der Waals surface area (Å²) >= 11 is 0. The summed E-state index contributed by atoms with van der Waals surface area (Å²) in [6.45, 7) is 3.77. The van der Waals surface area contributed by atoms with E-state index in [1.807, 2.05) is 31.2 Å². The molecule has 0 radical (unpaired) electrons. The van der Waals surface area contributed by atoms with Gasteiger partial charge < -0.3 is 9.84 Å². The Morgan fingerprint density at radius 2 is 1.84 bits per heavy atom. The third kappa shape index (κ3) is 3.32. The minimum absolute atomic E-state index is 0.149. The molecule has 0 aromatic heterocycles. The van der Waals surface area contributed by atoms with Crippen LogP contribution in [0.2, 0.25) is 0 Å². The number of aryl methyl sites for hydroxylation is 2. The summed E-state index contributed by atoms with van der Waals surface area (Å²) in [5.41, 5.74) is 2.40. The van der Waals surface area contributed by atoms with Gasteiger partial charge in [-0.05, 0) is 48.7 Å². The topological polar surface area (TPSA) is 29.5 Å². The highest BCUT2D eigenvalue weighted by molar-refractivity contribution is 5.30. The van der Waals surface area contributed by atoms with Gasteiger partial charge >= 0.3 is 0 Å². The third-order valence-electron chi connectivity index (χ3n) is 3.08. The number of rotatable bonds is 4. The van der Waals surface area contributed by atoms with Crippen LogP contribution in [0.15, 0.2) is 42.5 Å². The molecule has 1 unspecified atom stereocenters. The second-order valence-corrected chi connectivity index (χ2v) is 4.59. The van der Waals surface area contributed by atoms with Crippen molar-refractivity contribution in [3.8, 4) is 5.75 Å². The monoisotopic (exact) mass is 260 g/mol. The maximum Gasteiger partial charge on any atom is 0.126 e. The molecule has 2 rings (SSSR count). The van der Waals surface area contributed by atoms with Crippen LogP contribution in [0.5, 0.6) is 5.75 Å². The maximum absolute atomic E-state index is 13.1. The van der Waals surface area contributed by atoms with Crippen molar-refractivity contribution >= 4 is 0 Å². The SMILES string of the molecule is Cc1cc(OCC(O)c2ccccc2C)ccc1F. The molecular weight excluding hydrogens is 243 g/mol. The van der Waals surface area contributed by atoms with Crippen LogP contribution in [0.1, 0.15) is 22.8 Å². The minimum Gasteiger partial charge on any atom is -0.491 e. The Balaban J connectivity index is 2.02. The summed E-state index contributed by atoms with van der Waals surface area (Å²) in [6, 6.07) is 12.2. The molecular formula is C16H17FO2. The first kappa shape index (κ1) is 13.6. The molecule has 2 nitrogen and oxygen atoms in total. The van der Waals surface area contributed by atoms with Crippen LogP contribution >= 0.6 is 0 Å². The van der Waals surface area contributed by atoms with E-state index in [9.17, 15) is 9.50 Å². The van der Waals surface area contributed by atoms with Crippen molar-refractivity contribution in [1.82, 2.24) is 0 Å². The van der Waals surface area contributed by atoms with E-state index in [1.54, 1.807) is 19.1 Å². The van der Waals surface area contributed by atoms with Crippen LogP contribution in [0.3, 0.4) is 0 Å². The van der Waals surface area contributed by atoms with Gasteiger partial charge in [-0.1, -0.05) is 24.3 Å². The smallest absolute Gasteiger partial charge is 0.126 e. The van der Waals surface area contributed by atoms with E-state index in [0.717, 1.165) is 11.1 Å². The van der Waals surface area contributed by atoms with Crippen molar-refractivity contribution in [3.05, 3.63) is 65.0 Å². The number of ether oxygens (including phenoxy) is 1. The molecule has 19 heavy (non-hydrogen) atoms. The average Bonchev–Trinajstić information content (AvgIpc) is 2.40. The Kier molecular flexibility index (Phi) is 4.17. The van der Waals surface area contributed by atoms with Crippen LogP contribution in [0.25, 0.3) is 0 Å². The Morgan fingerprint density at radius 3 is 2.53 bits per heavy atom. The third-order valence-corrected chi connectivity index (χ3v) is 3.08. The summed E-state index contributed by atoms with van der Waals surface area (Å²) in [6.07, 6.45) is -0.688. The molecule has 2 aromatic rings. The van der Waals surface area contributed by atoms with Crippen molar-refractivity contribution < 1.29 is 14.2 Å². The van der Waals surface area contributed by atoms with E-state index in [-0.39, 0.29) is 12.4 Å². The molecule has 0 amide bonds. The van der Waals surface area contributed by atoms with E-state index >= 15 is 0 Å². The largest absolute Gasteiger partial charge is 0.491 e. The van der Waals surface area contributed by atoms with Crippen LogP contribution in [-0.4, -0.2) is 11.7 Å². The number of hydrogen-bond donors (Lipinski definition) is 1. The van der Waals surface area contributed by atoms with E-state index in [1.165, 1.54) is 6.07 Å². The molecule has 0 aliphatic rings. The molecule has 0 saturated heterocycles. The molecule has 0 aliphatic heterocycles. The lowest BCUT2D eigenvalue weighted by Crippen LogP contribution is -2.11. The fourth-order valence-corrected chi connectivity index (χ4v) is 1.93. The molecule has 0 spiro atoms. The second kappa shape index (κ2) is 5.85. The summed E-state index contributed by atoms with van der Waals surface area (Å²) in [4.78, 5) is 0. The van der Waals surface area contributed by atoms with Gasteiger partial charge in [0, 0.05) is 0 Å². The van der Waals surface area contributed by atoms with Gasteiger partial charge in [0.1, 0.15) is 24.3 Å². The zero-order valence-electron chi connectivity index (χ0n) is 11.1. The van der Waals surface area contributed by atoms with Crippen molar-refractivity contribution in [3.63, 3.8) is 0 Å². The lowest BCUT2D eigenvalue weighted by atomic mass is 10.0. The number of aliphatic hydroxyl groups is 1. The van der Waals surface area contributed by atoms with Crippen LogP contribution in [0.4, 0.5) is 4.39 Å². The summed E-state index contributed by atoms with van der Waals surface area (Å²) in [5, 5.41) is 10.1. The zero-order valence-corrected chi connectivity index (χ0v) is 11.1. The number of aliphatic hydroxyl groups excluding tert-OH is 1. The lowest BCUT2D eigenvalue weighted by molar-refractivity contribution is 0.107. The standard InChI is InChI=1S/C16H17FO2/c1-11-5-3-4-6-14(11)16(18)10-19-13-7-8-15(17)12(2)9-13/h3-9,16,18H,10H2,1-2H3. The quantitative estimate of drug-likeness (QED) is 0.910. The number of halogens is 1. The number of benzene rings is 2. The molecule has 0 bridgehead atoms. The highest BCUT2D eigenvalue weighted by Gasteiger charge is 2.11. The zero-order chi connectivity index (χ0) is 13.8. The first-order valence-corrected chi connectivity index (χ1v) is 6.20. The Morgan fingerprint density at radius 1 is 1.11 bits per heavy atom. The van der Waals surface area contributed by atoms with E-state index in [2.05, 4.69) is 0 Å². The van der Waals surface area contributed by atoms with Gasteiger partial charge in [0.15, 0.2) is 0 Å². The van der Waals surface area contributed by atoms with Gasteiger partial charge in [0.2, 0.25) is 0 Å². The van der Waals surface area contributed by atoms with Gasteiger partial charge in [0.25, 0.3) is 0 Å². The minimum atomic E-state index is -0.688. The van der Waals surface area contributed by atoms with Crippen molar-refractivity contribution in [2.24, 2.45) is 0 Å². The molecule has 0 aliphatic carbocycles. The van der Waals surface area contributed by atoms with Crippen LogP contribution in [0, 0.1) is 19.7 Å². The molecule has 0 heterocycles. The molecule has 2 aromatic carbocycles. The Bertz CT molecular complexity index is 566. The average molecular weight is 260 g/mol. The summed E-state index contributed by atoms with van der Waals surface area (Å²) in [5.74, 6) is 0.304. The second-order valence-electron chi connectivity index (χ2n) is 4.59. The summed E-state index contributed by atoms with van der Waals surface area (Å²) < 4.78 is 18.6. The number of hydrogen-bond acceptors (Lipinski definition) is 2. The molecule has 100 valence electrons. The summed E-state index contributed by atoms with van der Waals surface area (Å²) in [7, 11) is 0. The molecule has 0 saturated carbocycles. The van der Waals surface area contributed by atoms with E-state index in [4.69, 9.17) is 4.74 Å². The highest BCUT2D eigenvalue weighted by Crippen LogP contribution is 2.20. The van der Waals surface area contributed by atoms with Gasteiger partial charge in [-0.2, -0.15) is 0 Å². The first-order valence-electron chi connectivity index (χ1n) is 6.20. The normalized spacial score (nSPS) is 12.2. The molecule has 3 heteroatoms. The van der Waals surface area contributed by atoms with Gasteiger partial charge in [-0.25, -0.2) is 4.39 Å². The van der Waals surface area contributed by atoms with E-state index in [0.29, 0.717) is 11.3 Å². The van der Waals surface area contributed by atoms with Crippen molar-refractivity contribution in [2.75, 3.05) is 6.61 Å². The molecule has 0 fully saturated rings. The predicted octanol–water partition coefficient (Wildman–Crippen LogP) is 3.55. The van der Waals surface area contributed by atoms with Crippen molar-refractivity contribution in [2.45, 2.75) is 20.0 Å². The fraction of sp³-hybridized carbons (Fsp3) is 0.250. The molecule has 1 atom stereocenters. The Labute approximate surface area is 112 Å². The lowest BCUT2D eigenvalue weighted by Gasteiger charge is -2.15. The van der Waals surface area contributed by atoms with Crippen molar-refractivity contribution in [1.29, 1.82) is 0 Å². The maximum atomic E-state index is 13.1.